The maximum atomic E-state index is 11.6. The van der Waals surface area contributed by atoms with Crippen LogP contribution in [0.3, 0.4) is 0 Å². The maximum Gasteiger partial charge on any atom is 0.180 e. The standard InChI is InChI=1S/C11H9ClN2O2S2/c1-18(15,16)9-4-6-5(2-7(9)12)3-8-10(6)14-11(13)17-8/h2,4H,3H2,1H3,(H2,13,14). The third-order valence-electron chi connectivity index (χ3n) is 2.88. The maximum absolute atomic E-state index is 11.6. The minimum atomic E-state index is -3.34. The number of rotatable bonds is 1. The summed E-state index contributed by atoms with van der Waals surface area (Å²) in [5.41, 5.74) is 8.27. The Hall–Kier alpha value is -1.11. The summed E-state index contributed by atoms with van der Waals surface area (Å²) in [6.07, 6.45) is 1.86. The Bertz CT molecular complexity index is 766. The highest BCUT2D eigenvalue weighted by atomic mass is 35.5. The Kier molecular flexibility index (Phi) is 2.45. The van der Waals surface area contributed by atoms with Crippen LogP contribution in [0.5, 0.6) is 0 Å². The Labute approximate surface area is 113 Å². The van der Waals surface area contributed by atoms with Crippen LogP contribution in [-0.4, -0.2) is 19.7 Å². The summed E-state index contributed by atoms with van der Waals surface area (Å²) in [6, 6.07) is 3.30. The Morgan fingerprint density at radius 2 is 2.17 bits per heavy atom. The molecule has 0 amide bonds. The van der Waals surface area contributed by atoms with Crippen LogP contribution in [0.4, 0.5) is 5.13 Å². The van der Waals surface area contributed by atoms with E-state index in [4.69, 9.17) is 17.3 Å². The van der Waals surface area contributed by atoms with E-state index in [1.54, 1.807) is 12.1 Å². The van der Waals surface area contributed by atoms with E-state index in [-0.39, 0.29) is 9.92 Å². The van der Waals surface area contributed by atoms with Crippen LogP contribution in [0.15, 0.2) is 17.0 Å². The zero-order valence-electron chi connectivity index (χ0n) is 9.40. The smallest absolute Gasteiger partial charge is 0.180 e. The number of benzene rings is 1. The average Bonchev–Trinajstić information content (AvgIpc) is 2.70. The molecule has 0 bridgehead atoms. The molecule has 1 aliphatic carbocycles. The fraction of sp³-hybridized carbons (Fsp3) is 0.182. The molecule has 3 rings (SSSR count). The van der Waals surface area contributed by atoms with E-state index in [1.165, 1.54) is 11.3 Å². The molecule has 0 radical (unpaired) electrons. The Morgan fingerprint density at radius 1 is 1.44 bits per heavy atom. The molecule has 1 aromatic carbocycles. The van der Waals surface area contributed by atoms with E-state index >= 15 is 0 Å². The summed E-state index contributed by atoms with van der Waals surface area (Å²) in [7, 11) is -3.34. The number of nitrogen functional groups attached to an aromatic ring is 1. The summed E-state index contributed by atoms with van der Waals surface area (Å²) in [4.78, 5) is 5.44. The van der Waals surface area contributed by atoms with Crippen LogP contribution in [-0.2, 0) is 16.3 Å². The summed E-state index contributed by atoms with van der Waals surface area (Å²) in [6.45, 7) is 0. The van der Waals surface area contributed by atoms with Crippen molar-refractivity contribution in [2.24, 2.45) is 0 Å². The second kappa shape index (κ2) is 3.69. The lowest BCUT2D eigenvalue weighted by Crippen LogP contribution is -1.99. The number of nitrogens with two attached hydrogens (primary N) is 1. The number of sulfone groups is 1. The molecule has 0 saturated heterocycles. The van der Waals surface area contributed by atoms with E-state index < -0.39 is 9.84 Å². The molecule has 18 heavy (non-hydrogen) atoms. The van der Waals surface area contributed by atoms with Gasteiger partial charge in [0.25, 0.3) is 0 Å². The predicted octanol–water partition coefficient (Wildman–Crippen LogP) is 2.35. The Balaban J connectivity index is 2.29. The number of anilines is 1. The van der Waals surface area contributed by atoms with Gasteiger partial charge in [0, 0.05) is 23.1 Å². The molecule has 7 heteroatoms. The number of aromatic nitrogens is 1. The van der Waals surface area contributed by atoms with Crippen molar-refractivity contribution in [3.05, 3.63) is 27.6 Å². The fourth-order valence-corrected chi connectivity index (χ4v) is 4.34. The van der Waals surface area contributed by atoms with Crippen LogP contribution < -0.4 is 5.73 Å². The lowest BCUT2D eigenvalue weighted by atomic mass is 10.1. The van der Waals surface area contributed by atoms with Gasteiger partial charge < -0.3 is 5.73 Å². The lowest BCUT2D eigenvalue weighted by Gasteiger charge is -2.06. The fourth-order valence-electron chi connectivity index (χ4n) is 2.12. The van der Waals surface area contributed by atoms with Crippen LogP contribution in [0.1, 0.15) is 10.4 Å². The minimum Gasteiger partial charge on any atom is -0.375 e. The van der Waals surface area contributed by atoms with E-state index in [2.05, 4.69) is 4.98 Å². The molecule has 2 N–H and O–H groups in total. The first kappa shape index (κ1) is 12.0. The molecule has 0 fully saturated rings. The van der Waals surface area contributed by atoms with Gasteiger partial charge in [0.1, 0.15) is 0 Å². The SMILES string of the molecule is CS(=O)(=O)c1cc2c(cc1Cl)Cc1sc(N)nc1-2. The predicted molar refractivity (Wildman–Crippen MR) is 72.9 cm³/mol. The lowest BCUT2D eigenvalue weighted by molar-refractivity contribution is 0.602. The number of fused-ring (bicyclic) bond motifs is 3. The van der Waals surface area contributed by atoms with E-state index in [0.717, 1.165) is 28.0 Å². The molecular formula is C11H9ClN2O2S2. The molecule has 0 saturated carbocycles. The van der Waals surface area contributed by atoms with Gasteiger partial charge in [0.05, 0.1) is 15.6 Å². The number of hydrogen-bond acceptors (Lipinski definition) is 5. The third-order valence-corrected chi connectivity index (χ3v) is 5.32. The molecule has 0 unspecified atom stereocenters. The van der Waals surface area contributed by atoms with Crippen molar-refractivity contribution in [3.63, 3.8) is 0 Å². The monoisotopic (exact) mass is 300 g/mol. The first-order chi connectivity index (χ1) is 8.36. The molecule has 4 nitrogen and oxygen atoms in total. The van der Waals surface area contributed by atoms with Gasteiger partial charge in [0.2, 0.25) is 0 Å². The van der Waals surface area contributed by atoms with Crippen LogP contribution in [0.25, 0.3) is 11.3 Å². The number of hydrogen-bond donors (Lipinski definition) is 1. The highest BCUT2D eigenvalue weighted by Gasteiger charge is 2.26. The van der Waals surface area contributed by atoms with Crippen LogP contribution in [0.2, 0.25) is 5.02 Å². The van der Waals surface area contributed by atoms with Crippen molar-refractivity contribution in [1.82, 2.24) is 4.98 Å². The molecule has 94 valence electrons. The summed E-state index contributed by atoms with van der Waals surface area (Å²) < 4.78 is 23.3. The molecule has 1 aromatic heterocycles. The van der Waals surface area contributed by atoms with Crippen molar-refractivity contribution in [2.75, 3.05) is 12.0 Å². The van der Waals surface area contributed by atoms with Gasteiger partial charge in [-0.25, -0.2) is 13.4 Å². The second-order valence-corrected chi connectivity index (χ2v) is 7.72. The third kappa shape index (κ3) is 1.72. The topological polar surface area (TPSA) is 73.0 Å². The zero-order chi connectivity index (χ0) is 13.1. The van der Waals surface area contributed by atoms with Crippen LogP contribution in [0, 0.1) is 0 Å². The molecule has 1 aliphatic rings. The van der Waals surface area contributed by atoms with E-state index in [9.17, 15) is 8.42 Å². The van der Waals surface area contributed by atoms with Crippen molar-refractivity contribution >= 4 is 37.9 Å². The number of halogens is 1. The molecule has 1 heterocycles. The van der Waals surface area contributed by atoms with Gasteiger partial charge in [-0.2, -0.15) is 0 Å². The van der Waals surface area contributed by atoms with Crippen LogP contribution >= 0.6 is 22.9 Å². The second-order valence-electron chi connectivity index (χ2n) is 4.21. The van der Waals surface area contributed by atoms with Gasteiger partial charge >= 0.3 is 0 Å². The van der Waals surface area contributed by atoms with Gasteiger partial charge in [-0.15, -0.1) is 11.3 Å². The van der Waals surface area contributed by atoms with Gasteiger partial charge in [-0.1, -0.05) is 11.6 Å². The Morgan fingerprint density at radius 3 is 2.83 bits per heavy atom. The van der Waals surface area contributed by atoms with Gasteiger partial charge in [-0.3, -0.25) is 0 Å². The molecule has 2 aromatic rings. The van der Waals surface area contributed by atoms with Crippen molar-refractivity contribution in [2.45, 2.75) is 11.3 Å². The number of nitrogens with zero attached hydrogens (tertiary/aromatic N) is 1. The van der Waals surface area contributed by atoms with Crippen molar-refractivity contribution in [1.29, 1.82) is 0 Å². The summed E-state index contributed by atoms with van der Waals surface area (Å²) in [5, 5.41) is 0.765. The first-order valence-electron chi connectivity index (χ1n) is 5.14. The van der Waals surface area contributed by atoms with E-state index in [1.807, 2.05) is 0 Å². The number of thiazole rings is 1. The van der Waals surface area contributed by atoms with Crippen molar-refractivity contribution < 1.29 is 8.42 Å². The summed E-state index contributed by atoms with van der Waals surface area (Å²) >= 11 is 7.44. The normalized spacial score (nSPS) is 13.4. The first-order valence-corrected chi connectivity index (χ1v) is 8.23. The quantitative estimate of drug-likeness (QED) is 0.749. The minimum absolute atomic E-state index is 0.141. The van der Waals surface area contributed by atoms with E-state index in [0.29, 0.717) is 11.6 Å². The molecular weight excluding hydrogens is 292 g/mol. The largest absolute Gasteiger partial charge is 0.375 e. The molecule has 0 atom stereocenters. The molecule has 0 aliphatic heterocycles. The van der Waals surface area contributed by atoms with Crippen molar-refractivity contribution in [3.8, 4) is 11.3 Å². The van der Waals surface area contributed by atoms with Gasteiger partial charge in [0.15, 0.2) is 15.0 Å². The highest BCUT2D eigenvalue weighted by molar-refractivity contribution is 7.90. The van der Waals surface area contributed by atoms with Gasteiger partial charge in [-0.05, 0) is 17.7 Å². The molecule has 0 spiro atoms. The summed E-state index contributed by atoms with van der Waals surface area (Å²) in [5.74, 6) is 0. The highest BCUT2D eigenvalue weighted by Crippen LogP contribution is 2.42. The zero-order valence-corrected chi connectivity index (χ0v) is 11.8. The average molecular weight is 301 g/mol.